The molecular weight excluding hydrogens is 354 g/mol. The Labute approximate surface area is 165 Å². The van der Waals surface area contributed by atoms with Crippen LogP contribution >= 0.6 is 0 Å². The normalized spacial score (nSPS) is 25.8. The lowest BCUT2D eigenvalue weighted by atomic mass is 9.48. The summed E-state index contributed by atoms with van der Waals surface area (Å²) in [6.45, 7) is 8.17. The smallest absolute Gasteiger partial charge is 0.414 e. The lowest BCUT2D eigenvalue weighted by molar-refractivity contribution is -0.159. The minimum absolute atomic E-state index is 0.402. The third-order valence-electron chi connectivity index (χ3n) is 5.76. The van der Waals surface area contributed by atoms with Gasteiger partial charge in [-0.2, -0.15) is 0 Å². The first-order valence-corrected chi connectivity index (χ1v) is 9.51. The number of rotatable bonds is 3. The highest BCUT2D eigenvalue weighted by molar-refractivity contribution is 6.27. The molecule has 5 nitrogen and oxygen atoms in total. The molecule has 2 aliphatic heterocycles. The Balaban J connectivity index is 0.000000330. The summed E-state index contributed by atoms with van der Waals surface area (Å²) in [4.78, 5) is 20.9. The molecule has 2 N–H and O–H groups in total. The maximum absolute atomic E-state index is 9.10. The largest absolute Gasteiger partial charge is 0.473 e. The van der Waals surface area contributed by atoms with Gasteiger partial charge in [-0.3, -0.25) is 4.90 Å². The minimum Gasteiger partial charge on any atom is -0.473 e. The van der Waals surface area contributed by atoms with Gasteiger partial charge in [0.15, 0.2) is 0 Å². The molecule has 2 heterocycles. The molecule has 5 heteroatoms. The van der Waals surface area contributed by atoms with Crippen LogP contribution in [-0.2, 0) is 21.5 Å². The van der Waals surface area contributed by atoms with Gasteiger partial charge in [0.05, 0.1) is 0 Å². The van der Waals surface area contributed by atoms with Gasteiger partial charge in [0.25, 0.3) is 0 Å². The number of carboxylic acid groups (broad SMARTS) is 2. The molecule has 0 amide bonds. The number of nitrogens with zero attached hydrogens (tertiary/aromatic N) is 1. The molecule has 148 valence electrons. The molecule has 2 saturated heterocycles. The highest BCUT2D eigenvalue weighted by atomic mass is 16.4. The number of hydrogen-bond acceptors (Lipinski definition) is 3. The van der Waals surface area contributed by atoms with Crippen LogP contribution in [-0.4, -0.2) is 40.1 Å². The number of aryl methyl sites for hydroxylation is 1. The van der Waals surface area contributed by atoms with Crippen LogP contribution < -0.4 is 0 Å². The van der Waals surface area contributed by atoms with E-state index < -0.39 is 11.9 Å². The molecule has 0 atom stereocenters. The monoisotopic (exact) mass is 381 g/mol. The van der Waals surface area contributed by atoms with E-state index in [4.69, 9.17) is 19.8 Å². The predicted octanol–water partition coefficient (Wildman–Crippen LogP) is 3.70. The summed E-state index contributed by atoms with van der Waals surface area (Å²) < 4.78 is 0. The van der Waals surface area contributed by atoms with Crippen LogP contribution in [0.4, 0.5) is 0 Å². The topological polar surface area (TPSA) is 77.8 Å². The van der Waals surface area contributed by atoms with Crippen molar-refractivity contribution in [2.75, 3.05) is 13.1 Å². The van der Waals surface area contributed by atoms with Gasteiger partial charge in [-0.1, -0.05) is 67.1 Å². The quantitative estimate of drug-likeness (QED) is 0.793. The van der Waals surface area contributed by atoms with E-state index in [1.807, 2.05) is 0 Å². The van der Waals surface area contributed by atoms with E-state index in [2.05, 4.69) is 73.3 Å². The van der Waals surface area contributed by atoms with Crippen LogP contribution in [0, 0.1) is 12.3 Å². The maximum Gasteiger partial charge on any atom is 0.414 e. The first kappa shape index (κ1) is 20.1. The zero-order chi connectivity index (χ0) is 20.4. The Bertz CT molecular complexity index is 827. The molecule has 2 bridgehead atoms. The van der Waals surface area contributed by atoms with Crippen LogP contribution in [0.5, 0.6) is 0 Å². The Kier molecular flexibility index (Phi) is 5.57. The standard InChI is InChI=1S/C21H25N.C2H2O4/c1-17-8-10-18(11-9-17)12-22-15-20(2)13-21(14-20,16-22)19-6-4-3-5-7-19;3-1(4)2(5)6/h3-11H,12-16H2,1-2H3;(H,3,4)(H,5,6). The molecule has 2 aromatic rings. The van der Waals surface area contributed by atoms with E-state index in [9.17, 15) is 0 Å². The second kappa shape index (κ2) is 7.76. The fourth-order valence-electron chi connectivity index (χ4n) is 4.98. The number of aliphatic carboxylic acids is 2. The summed E-state index contributed by atoms with van der Waals surface area (Å²) in [6.07, 6.45) is 2.71. The van der Waals surface area contributed by atoms with Crippen LogP contribution in [0.15, 0.2) is 54.6 Å². The first-order chi connectivity index (χ1) is 13.2. The summed E-state index contributed by atoms with van der Waals surface area (Å²) in [5, 5.41) is 14.8. The van der Waals surface area contributed by atoms with Crippen LogP contribution in [0.2, 0.25) is 0 Å². The SMILES string of the molecule is Cc1ccc(CN2CC3(C)CC(c4ccccc4)(C2)C3)cc1.O=C(O)C(=O)O. The highest BCUT2D eigenvalue weighted by Crippen LogP contribution is 2.59. The van der Waals surface area contributed by atoms with Crippen molar-refractivity contribution >= 4 is 11.9 Å². The zero-order valence-electron chi connectivity index (χ0n) is 16.4. The molecule has 28 heavy (non-hydrogen) atoms. The molecule has 3 aliphatic rings. The molecular formula is C23H27NO4. The molecule has 1 aliphatic carbocycles. The number of benzene rings is 2. The highest BCUT2D eigenvalue weighted by Gasteiger charge is 2.57. The second-order valence-corrected chi connectivity index (χ2v) is 8.55. The van der Waals surface area contributed by atoms with Gasteiger partial charge in [-0.25, -0.2) is 9.59 Å². The van der Waals surface area contributed by atoms with Crippen molar-refractivity contribution in [3.63, 3.8) is 0 Å². The lowest BCUT2D eigenvalue weighted by Gasteiger charge is -2.63. The average molecular weight is 381 g/mol. The van der Waals surface area contributed by atoms with E-state index in [0.29, 0.717) is 10.8 Å². The Hall–Kier alpha value is -2.66. The van der Waals surface area contributed by atoms with Crippen LogP contribution in [0.25, 0.3) is 0 Å². The second-order valence-electron chi connectivity index (χ2n) is 8.55. The third-order valence-corrected chi connectivity index (χ3v) is 5.76. The maximum atomic E-state index is 9.10. The van der Waals surface area contributed by atoms with E-state index >= 15 is 0 Å². The summed E-state index contributed by atoms with van der Waals surface area (Å²) in [5.41, 5.74) is 5.25. The van der Waals surface area contributed by atoms with E-state index in [0.717, 1.165) is 6.54 Å². The van der Waals surface area contributed by atoms with Crippen molar-refractivity contribution < 1.29 is 19.8 Å². The zero-order valence-corrected chi connectivity index (χ0v) is 16.4. The fourth-order valence-corrected chi connectivity index (χ4v) is 4.98. The van der Waals surface area contributed by atoms with Gasteiger partial charge in [0, 0.05) is 25.0 Å². The van der Waals surface area contributed by atoms with E-state index in [1.165, 1.54) is 37.1 Å². The number of piperidine rings is 2. The average Bonchev–Trinajstić information content (AvgIpc) is 2.63. The van der Waals surface area contributed by atoms with Gasteiger partial charge < -0.3 is 10.2 Å². The van der Waals surface area contributed by atoms with Gasteiger partial charge in [-0.15, -0.1) is 0 Å². The van der Waals surface area contributed by atoms with Crippen molar-refractivity contribution in [2.24, 2.45) is 5.41 Å². The molecule has 0 radical (unpaired) electrons. The number of carbonyl (C=O) groups is 2. The summed E-state index contributed by atoms with van der Waals surface area (Å²) in [7, 11) is 0. The van der Waals surface area contributed by atoms with Crippen molar-refractivity contribution in [2.45, 2.75) is 38.6 Å². The Morgan fingerprint density at radius 2 is 1.50 bits per heavy atom. The molecule has 3 fully saturated rings. The van der Waals surface area contributed by atoms with Crippen molar-refractivity contribution in [3.05, 3.63) is 71.3 Å². The first-order valence-electron chi connectivity index (χ1n) is 9.51. The van der Waals surface area contributed by atoms with Crippen LogP contribution in [0.1, 0.15) is 36.5 Å². The summed E-state index contributed by atoms with van der Waals surface area (Å²) >= 11 is 0. The number of hydrogen-bond donors (Lipinski definition) is 2. The molecule has 5 rings (SSSR count). The van der Waals surface area contributed by atoms with Gasteiger partial charge in [-0.05, 0) is 36.3 Å². The molecule has 0 aromatic heterocycles. The van der Waals surface area contributed by atoms with Crippen molar-refractivity contribution in [1.29, 1.82) is 0 Å². The lowest BCUT2D eigenvalue weighted by Crippen LogP contribution is -2.63. The van der Waals surface area contributed by atoms with Gasteiger partial charge in [0.2, 0.25) is 0 Å². The van der Waals surface area contributed by atoms with Gasteiger partial charge in [0.1, 0.15) is 0 Å². The van der Waals surface area contributed by atoms with Crippen molar-refractivity contribution in [1.82, 2.24) is 4.90 Å². The summed E-state index contributed by atoms with van der Waals surface area (Å²) in [6, 6.07) is 20.2. The predicted molar refractivity (Wildman–Crippen MR) is 107 cm³/mol. The number of fused-ring (bicyclic) bond motifs is 2. The molecule has 0 spiro atoms. The Morgan fingerprint density at radius 1 is 0.929 bits per heavy atom. The molecule has 2 aromatic carbocycles. The van der Waals surface area contributed by atoms with E-state index in [1.54, 1.807) is 5.56 Å². The van der Waals surface area contributed by atoms with Gasteiger partial charge >= 0.3 is 11.9 Å². The van der Waals surface area contributed by atoms with E-state index in [-0.39, 0.29) is 0 Å². The summed E-state index contributed by atoms with van der Waals surface area (Å²) in [5.74, 6) is -3.65. The molecule has 0 unspecified atom stereocenters. The van der Waals surface area contributed by atoms with Crippen molar-refractivity contribution in [3.8, 4) is 0 Å². The number of carboxylic acids is 2. The molecule has 1 saturated carbocycles. The fraction of sp³-hybridized carbons (Fsp3) is 0.391. The third kappa shape index (κ3) is 4.42. The Morgan fingerprint density at radius 3 is 2.04 bits per heavy atom. The minimum atomic E-state index is -1.82. The van der Waals surface area contributed by atoms with Crippen LogP contribution in [0.3, 0.4) is 0 Å².